The fraction of sp³-hybridized carbons (Fsp3) is 0.250. The van der Waals surface area contributed by atoms with Crippen LogP contribution in [0.15, 0.2) is 42.5 Å². The average Bonchev–Trinajstić information content (AvgIpc) is 2.38. The lowest BCUT2D eigenvalue weighted by atomic mass is 9.98. The van der Waals surface area contributed by atoms with Crippen LogP contribution < -0.4 is 5.32 Å². The third-order valence-electron chi connectivity index (χ3n) is 3.00. The first-order chi connectivity index (χ1) is 8.70. The van der Waals surface area contributed by atoms with Gasteiger partial charge in [0.2, 0.25) is 0 Å². The number of hydrogen-bond donors (Lipinski definition) is 1. The minimum atomic E-state index is -0.182. The lowest BCUT2D eigenvalue weighted by Gasteiger charge is -2.11. The first-order valence-corrected chi connectivity index (χ1v) is 6.27. The second-order valence-electron chi connectivity index (χ2n) is 4.45. The summed E-state index contributed by atoms with van der Waals surface area (Å²) in [6, 6.07) is 13.3. The Bertz CT molecular complexity index is 517. The molecule has 0 amide bonds. The van der Waals surface area contributed by atoms with Gasteiger partial charge in [0.25, 0.3) is 0 Å². The lowest BCUT2D eigenvalue weighted by molar-refractivity contribution is 0.622. The van der Waals surface area contributed by atoms with Crippen molar-refractivity contribution in [3.63, 3.8) is 0 Å². The van der Waals surface area contributed by atoms with Gasteiger partial charge in [0.1, 0.15) is 5.82 Å². The Morgan fingerprint density at radius 2 is 1.78 bits per heavy atom. The molecule has 0 saturated carbocycles. The topological polar surface area (TPSA) is 12.0 Å². The van der Waals surface area contributed by atoms with Crippen LogP contribution in [-0.4, -0.2) is 6.54 Å². The molecule has 0 unspecified atom stereocenters. The Morgan fingerprint density at radius 1 is 1.06 bits per heavy atom. The zero-order chi connectivity index (χ0) is 13.0. The van der Waals surface area contributed by atoms with Gasteiger partial charge in [-0.3, -0.25) is 0 Å². The summed E-state index contributed by atoms with van der Waals surface area (Å²) in [7, 11) is 0. The second kappa shape index (κ2) is 5.78. The van der Waals surface area contributed by atoms with Gasteiger partial charge >= 0.3 is 0 Å². The van der Waals surface area contributed by atoms with E-state index in [2.05, 4.69) is 36.5 Å². The number of nitrogens with one attached hydrogen (secondary N) is 1. The summed E-state index contributed by atoms with van der Waals surface area (Å²) >= 11 is 0. The van der Waals surface area contributed by atoms with E-state index in [0.29, 0.717) is 6.54 Å². The van der Waals surface area contributed by atoms with Gasteiger partial charge in [0.05, 0.1) is 0 Å². The summed E-state index contributed by atoms with van der Waals surface area (Å²) < 4.78 is 13.3. The number of rotatable bonds is 4. The van der Waals surface area contributed by atoms with Crippen molar-refractivity contribution in [3.05, 3.63) is 59.4 Å². The molecule has 0 saturated heterocycles. The van der Waals surface area contributed by atoms with Crippen LogP contribution in [0.25, 0.3) is 11.1 Å². The van der Waals surface area contributed by atoms with E-state index in [-0.39, 0.29) is 5.82 Å². The summed E-state index contributed by atoms with van der Waals surface area (Å²) in [6.07, 6.45) is 0. The average molecular weight is 243 g/mol. The maximum absolute atomic E-state index is 13.3. The highest BCUT2D eigenvalue weighted by Gasteiger charge is 2.06. The van der Waals surface area contributed by atoms with Crippen LogP contribution >= 0.6 is 0 Å². The van der Waals surface area contributed by atoms with E-state index in [0.717, 1.165) is 23.2 Å². The van der Waals surface area contributed by atoms with Gasteiger partial charge in [-0.2, -0.15) is 0 Å². The minimum Gasteiger partial charge on any atom is -0.313 e. The number of halogens is 1. The number of hydrogen-bond acceptors (Lipinski definition) is 1. The highest BCUT2D eigenvalue weighted by molar-refractivity contribution is 5.67. The normalized spacial score (nSPS) is 10.6. The molecule has 94 valence electrons. The number of benzene rings is 2. The van der Waals surface area contributed by atoms with Crippen molar-refractivity contribution < 1.29 is 4.39 Å². The molecular formula is C16H18FN. The monoisotopic (exact) mass is 243 g/mol. The standard InChI is InChI=1S/C16H18FN/c1-3-18-11-14-10-15(17)8-9-16(14)13-6-4-12(2)5-7-13/h4-10,18H,3,11H2,1-2H3. The molecule has 0 fully saturated rings. The Balaban J connectivity index is 2.39. The Kier molecular flexibility index (Phi) is 4.11. The molecule has 0 spiro atoms. The molecule has 2 heteroatoms. The molecule has 2 rings (SSSR count). The van der Waals surface area contributed by atoms with Crippen LogP contribution in [0.2, 0.25) is 0 Å². The van der Waals surface area contributed by atoms with Crippen molar-refractivity contribution in [2.24, 2.45) is 0 Å². The van der Waals surface area contributed by atoms with E-state index in [9.17, 15) is 4.39 Å². The predicted octanol–water partition coefficient (Wildman–Crippen LogP) is 3.91. The highest BCUT2D eigenvalue weighted by Crippen LogP contribution is 2.25. The van der Waals surface area contributed by atoms with Crippen molar-refractivity contribution in [1.82, 2.24) is 5.32 Å². The summed E-state index contributed by atoms with van der Waals surface area (Å²) in [6.45, 7) is 5.68. The van der Waals surface area contributed by atoms with Crippen molar-refractivity contribution in [1.29, 1.82) is 0 Å². The molecule has 0 aliphatic carbocycles. The quantitative estimate of drug-likeness (QED) is 0.858. The predicted molar refractivity (Wildman–Crippen MR) is 74.0 cm³/mol. The molecule has 0 aliphatic heterocycles. The summed E-state index contributed by atoms with van der Waals surface area (Å²) in [5.74, 6) is -0.182. The molecule has 0 atom stereocenters. The smallest absolute Gasteiger partial charge is 0.123 e. The molecule has 1 N–H and O–H groups in total. The second-order valence-corrected chi connectivity index (χ2v) is 4.45. The van der Waals surface area contributed by atoms with E-state index < -0.39 is 0 Å². The van der Waals surface area contributed by atoms with Gasteiger partial charge in [0.15, 0.2) is 0 Å². The molecule has 0 aliphatic rings. The third-order valence-corrected chi connectivity index (χ3v) is 3.00. The van der Waals surface area contributed by atoms with Gasteiger partial charge in [-0.1, -0.05) is 42.8 Å². The van der Waals surface area contributed by atoms with Crippen molar-refractivity contribution >= 4 is 0 Å². The molecule has 0 aromatic heterocycles. The Morgan fingerprint density at radius 3 is 2.44 bits per heavy atom. The molecule has 18 heavy (non-hydrogen) atoms. The lowest BCUT2D eigenvalue weighted by Crippen LogP contribution is -2.12. The van der Waals surface area contributed by atoms with Crippen LogP contribution in [0, 0.1) is 12.7 Å². The van der Waals surface area contributed by atoms with E-state index in [1.165, 1.54) is 11.6 Å². The van der Waals surface area contributed by atoms with E-state index in [1.54, 1.807) is 6.07 Å². The zero-order valence-electron chi connectivity index (χ0n) is 10.8. The summed E-state index contributed by atoms with van der Waals surface area (Å²) in [5.41, 5.74) is 4.46. The third kappa shape index (κ3) is 2.96. The van der Waals surface area contributed by atoms with Gasteiger partial charge in [-0.05, 0) is 42.3 Å². The largest absolute Gasteiger partial charge is 0.313 e. The Hall–Kier alpha value is -1.67. The van der Waals surface area contributed by atoms with Gasteiger partial charge in [-0.15, -0.1) is 0 Å². The van der Waals surface area contributed by atoms with Gasteiger partial charge in [-0.25, -0.2) is 4.39 Å². The molecule has 0 bridgehead atoms. The molecule has 2 aromatic rings. The first kappa shape index (κ1) is 12.8. The minimum absolute atomic E-state index is 0.182. The molecule has 2 aromatic carbocycles. The zero-order valence-corrected chi connectivity index (χ0v) is 10.8. The maximum Gasteiger partial charge on any atom is 0.123 e. The van der Waals surface area contributed by atoms with Crippen molar-refractivity contribution in [3.8, 4) is 11.1 Å². The van der Waals surface area contributed by atoms with Crippen LogP contribution in [0.4, 0.5) is 4.39 Å². The van der Waals surface area contributed by atoms with Crippen LogP contribution in [0.1, 0.15) is 18.1 Å². The number of aryl methyl sites for hydroxylation is 1. The van der Waals surface area contributed by atoms with Crippen molar-refractivity contribution in [2.75, 3.05) is 6.54 Å². The maximum atomic E-state index is 13.3. The Labute approximate surface area is 108 Å². The van der Waals surface area contributed by atoms with Crippen LogP contribution in [0.5, 0.6) is 0 Å². The fourth-order valence-electron chi connectivity index (χ4n) is 1.98. The van der Waals surface area contributed by atoms with E-state index >= 15 is 0 Å². The SMILES string of the molecule is CCNCc1cc(F)ccc1-c1ccc(C)cc1. The highest BCUT2D eigenvalue weighted by atomic mass is 19.1. The van der Waals surface area contributed by atoms with Crippen molar-refractivity contribution in [2.45, 2.75) is 20.4 Å². The molecular weight excluding hydrogens is 225 g/mol. The van der Waals surface area contributed by atoms with E-state index in [4.69, 9.17) is 0 Å². The fourth-order valence-corrected chi connectivity index (χ4v) is 1.98. The van der Waals surface area contributed by atoms with Gasteiger partial charge in [0, 0.05) is 6.54 Å². The molecule has 0 radical (unpaired) electrons. The van der Waals surface area contributed by atoms with Crippen LogP contribution in [-0.2, 0) is 6.54 Å². The first-order valence-electron chi connectivity index (χ1n) is 6.27. The van der Waals surface area contributed by atoms with E-state index in [1.807, 2.05) is 13.0 Å². The van der Waals surface area contributed by atoms with Gasteiger partial charge < -0.3 is 5.32 Å². The summed E-state index contributed by atoms with van der Waals surface area (Å²) in [5, 5.41) is 3.25. The van der Waals surface area contributed by atoms with Crippen LogP contribution in [0.3, 0.4) is 0 Å². The molecule has 1 nitrogen and oxygen atoms in total. The molecule has 0 heterocycles. The summed E-state index contributed by atoms with van der Waals surface area (Å²) in [4.78, 5) is 0.